The molecule has 1 aromatic heterocycles. The lowest BCUT2D eigenvalue weighted by molar-refractivity contribution is 0.494. The van der Waals surface area contributed by atoms with Crippen molar-refractivity contribution in [2.75, 3.05) is 0 Å². The van der Waals surface area contributed by atoms with E-state index in [-0.39, 0.29) is 0 Å². The molecule has 0 spiro atoms. The second-order valence-electron chi connectivity index (χ2n) is 5.22. The summed E-state index contributed by atoms with van der Waals surface area (Å²) >= 11 is 0. The van der Waals surface area contributed by atoms with E-state index in [1.54, 1.807) is 0 Å². The van der Waals surface area contributed by atoms with Gasteiger partial charge in [-0.2, -0.15) is 0 Å². The van der Waals surface area contributed by atoms with Gasteiger partial charge in [0.1, 0.15) is 11.5 Å². The van der Waals surface area contributed by atoms with Crippen LogP contribution < -0.4 is 0 Å². The fraction of sp³-hybridized carbons (Fsp3) is 0.158. The van der Waals surface area contributed by atoms with E-state index in [4.69, 9.17) is 4.42 Å². The van der Waals surface area contributed by atoms with Gasteiger partial charge in [0.05, 0.1) is 0 Å². The molecule has 0 aliphatic heterocycles. The smallest absolute Gasteiger partial charge is 0.116 e. The zero-order valence-electron chi connectivity index (χ0n) is 11.9. The van der Waals surface area contributed by atoms with Crippen molar-refractivity contribution in [3.8, 4) is 11.1 Å². The largest absolute Gasteiger partial charge is 0.465 e. The van der Waals surface area contributed by atoms with Gasteiger partial charge in [-0.05, 0) is 31.0 Å². The SMILES string of the molecule is Cc1ccc(Cc2oc(C)cc2-c2ccccc2)cc1. The molecule has 0 radical (unpaired) electrons. The maximum absolute atomic E-state index is 5.90. The van der Waals surface area contributed by atoms with Crippen molar-refractivity contribution in [3.05, 3.63) is 83.3 Å². The topological polar surface area (TPSA) is 13.1 Å². The average Bonchev–Trinajstić information content (AvgIpc) is 2.83. The molecule has 3 aromatic rings. The summed E-state index contributed by atoms with van der Waals surface area (Å²) in [4.78, 5) is 0. The summed E-state index contributed by atoms with van der Waals surface area (Å²) in [6, 6.07) is 21.2. The van der Waals surface area contributed by atoms with Gasteiger partial charge in [0.15, 0.2) is 0 Å². The predicted octanol–water partition coefficient (Wildman–Crippen LogP) is 5.15. The third kappa shape index (κ3) is 2.67. The Morgan fingerprint density at radius 3 is 2.25 bits per heavy atom. The fourth-order valence-electron chi connectivity index (χ4n) is 2.45. The van der Waals surface area contributed by atoms with E-state index >= 15 is 0 Å². The second kappa shape index (κ2) is 5.38. The molecule has 0 aliphatic carbocycles. The van der Waals surface area contributed by atoms with Crippen LogP contribution >= 0.6 is 0 Å². The Labute approximate surface area is 119 Å². The Balaban J connectivity index is 1.96. The van der Waals surface area contributed by atoms with Crippen LogP contribution in [0.4, 0.5) is 0 Å². The molecule has 20 heavy (non-hydrogen) atoms. The lowest BCUT2D eigenvalue weighted by Crippen LogP contribution is -1.89. The summed E-state index contributed by atoms with van der Waals surface area (Å²) in [7, 11) is 0. The minimum atomic E-state index is 0.832. The van der Waals surface area contributed by atoms with E-state index in [1.807, 2.05) is 13.0 Å². The highest BCUT2D eigenvalue weighted by atomic mass is 16.3. The Hall–Kier alpha value is -2.28. The van der Waals surface area contributed by atoms with E-state index in [0.29, 0.717) is 0 Å². The number of aryl methyl sites for hydroxylation is 2. The summed E-state index contributed by atoms with van der Waals surface area (Å²) in [5.41, 5.74) is 4.98. The average molecular weight is 262 g/mol. The molecular weight excluding hydrogens is 244 g/mol. The highest BCUT2D eigenvalue weighted by molar-refractivity contribution is 5.66. The molecule has 1 nitrogen and oxygen atoms in total. The van der Waals surface area contributed by atoms with Crippen LogP contribution in [0.5, 0.6) is 0 Å². The number of hydrogen-bond acceptors (Lipinski definition) is 1. The van der Waals surface area contributed by atoms with Gasteiger partial charge in [0.25, 0.3) is 0 Å². The molecule has 0 saturated carbocycles. The standard InChI is InChI=1S/C19H18O/c1-14-8-10-16(11-9-14)13-19-18(12-15(2)20-19)17-6-4-3-5-7-17/h3-12H,13H2,1-2H3. The fourth-order valence-corrected chi connectivity index (χ4v) is 2.45. The lowest BCUT2D eigenvalue weighted by Gasteiger charge is -2.04. The third-order valence-electron chi connectivity index (χ3n) is 3.50. The molecule has 0 unspecified atom stereocenters. The summed E-state index contributed by atoms with van der Waals surface area (Å²) in [6.45, 7) is 4.11. The molecule has 0 amide bonds. The van der Waals surface area contributed by atoms with E-state index < -0.39 is 0 Å². The van der Waals surface area contributed by atoms with Crippen LogP contribution in [0.2, 0.25) is 0 Å². The molecule has 0 saturated heterocycles. The Kier molecular flexibility index (Phi) is 3.42. The van der Waals surface area contributed by atoms with Crippen molar-refractivity contribution >= 4 is 0 Å². The van der Waals surface area contributed by atoms with Crippen LogP contribution in [0.3, 0.4) is 0 Å². The van der Waals surface area contributed by atoms with Crippen molar-refractivity contribution in [1.82, 2.24) is 0 Å². The van der Waals surface area contributed by atoms with Crippen molar-refractivity contribution in [2.24, 2.45) is 0 Å². The minimum Gasteiger partial charge on any atom is -0.465 e. The van der Waals surface area contributed by atoms with E-state index in [2.05, 4.69) is 61.5 Å². The van der Waals surface area contributed by atoms with Crippen molar-refractivity contribution in [2.45, 2.75) is 20.3 Å². The molecule has 0 N–H and O–H groups in total. The Morgan fingerprint density at radius 1 is 0.850 bits per heavy atom. The van der Waals surface area contributed by atoms with E-state index in [0.717, 1.165) is 17.9 Å². The monoisotopic (exact) mass is 262 g/mol. The summed E-state index contributed by atoms with van der Waals surface area (Å²) in [6.07, 6.45) is 0.832. The maximum atomic E-state index is 5.90. The highest BCUT2D eigenvalue weighted by Gasteiger charge is 2.11. The minimum absolute atomic E-state index is 0.832. The number of rotatable bonds is 3. The lowest BCUT2D eigenvalue weighted by atomic mass is 10.0. The van der Waals surface area contributed by atoms with Gasteiger partial charge >= 0.3 is 0 Å². The first-order valence-corrected chi connectivity index (χ1v) is 6.92. The molecule has 0 aliphatic rings. The van der Waals surface area contributed by atoms with Gasteiger partial charge in [0, 0.05) is 12.0 Å². The molecule has 0 fully saturated rings. The second-order valence-corrected chi connectivity index (χ2v) is 5.22. The van der Waals surface area contributed by atoms with E-state index in [9.17, 15) is 0 Å². The van der Waals surface area contributed by atoms with Crippen LogP contribution in [-0.4, -0.2) is 0 Å². The van der Waals surface area contributed by atoms with E-state index in [1.165, 1.54) is 22.3 Å². The first-order valence-electron chi connectivity index (χ1n) is 6.92. The van der Waals surface area contributed by atoms with Gasteiger partial charge in [-0.1, -0.05) is 60.2 Å². The molecule has 3 rings (SSSR count). The zero-order valence-corrected chi connectivity index (χ0v) is 11.9. The molecule has 100 valence electrons. The molecular formula is C19H18O. The Morgan fingerprint density at radius 2 is 1.55 bits per heavy atom. The van der Waals surface area contributed by atoms with Crippen molar-refractivity contribution < 1.29 is 4.42 Å². The number of furan rings is 1. The maximum Gasteiger partial charge on any atom is 0.116 e. The Bertz CT molecular complexity index is 690. The van der Waals surface area contributed by atoms with Crippen LogP contribution in [0.1, 0.15) is 22.6 Å². The predicted molar refractivity (Wildman–Crippen MR) is 82.9 cm³/mol. The quantitative estimate of drug-likeness (QED) is 0.636. The third-order valence-corrected chi connectivity index (χ3v) is 3.50. The molecule has 1 heteroatoms. The van der Waals surface area contributed by atoms with Gasteiger partial charge in [-0.3, -0.25) is 0 Å². The van der Waals surface area contributed by atoms with Gasteiger partial charge in [-0.25, -0.2) is 0 Å². The van der Waals surface area contributed by atoms with Crippen LogP contribution in [0.15, 0.2) is 65.1 Å². The first kappa shape index (κ1) is 12.7. The van der Waals surface area contributed by atoms with Crippen LogP contribution in [0.25, 0.3) is 11.1 Å². The van der Waals surface area contributed by atoms with Crippen molar-refractivity contribution in [1.29, 1.82) is 0 Å². The van der Waals surface area contributed by atoms with Crippen LogP contribution in [-0.2, 0) is 6.42 Å². The van der Waals surface area contributed by atoms with Gasteiger partial charge in [0.2, 0.25) is 0 Å². The van der Waals surface area contributed by atoms with Gasteiger partial charge < -0.3 is 4.42 Å². The van der Waals surface area contributed by atoms with Gasteiger partial charge in [-0.15, -0.1) is 0 Å². The normalized spacial score (nSPS) is 10.7. The summed E-state index contributed by atoms with van der Waals surface area (Å²) in [5.74, 6) is 2.00. The molecule has 0 bridgehead atoms. The molecule has 0 atom stereocenters. The number of hydrogen-bond donors (Lipinski definition) is 0. The summed E-state index contributed by atoms with van der Waals surface area (Å²) in [5, 5.41) is 0. The van der Waals surface area contributed by atoms with Crippen LogP contribution in [0, 0.1) is 13.8 Å². The highest BCUT2D eigenvalue weighted by Crippen LogP contribution is 2.28. The number of benzene rings is 2. The first-order chi connectivity index (χ1) is 9.72. The van der Waals surface area contributed by atoms with Crippen molar-refractivity contribution in [3.63, 3.8) is 0 Å². The molecule has 2 aromatic carbocycles. The zero-order chi connectivity index (χ0) is 13.9. The molecule has 1 heterocycles. The summed E-state index contributed by atoms with van der Waals surface area (Å²) < 4.78 is 5.90.